The van der Waals surface area contributed by atoms with Crippen LogP contribution in [0.3, 0.4) is 0 Å². The predicted molar refractivity (Wildman–Crippen MR) is 90.7 cm³/mol. The number of methoxy groups -OCH3 is 1. The van der Waals surface area contributed by atoms with Crippen LogP contribution in [0, 0.1) is 0 Å². The SMILES string of the molecule is COc1nc(NC(C)C(F)(F)F)nn2ccc(-c3cnc4nccn4c3)c12. The highest BCUT2D eigenvalue weighted by molar-refractivity contribution is 5.84. The van der Waals surface area contributed by atoms with Crippen LogP contribution in [0.5, 0.6) is 5.88 Å². The Bertz CT molecular complexity index is 1120. The molecule has 1 atom stereocenters. The standard InChI is InChI=1S/C16H14F3N7O/c1-9(16(17,18)19)22-14-23-13(27-2)12-11(3-5-26(12)24-14)10-7-21-15-20-4-6-25(15)8-10/h3-9H,1-2H3,(H,22,24). The van der Waals surface area contributed by atoms with E-state index in [-0.39, 0.29) is 11.8 Å². The van der Waals surface area contributed by atoms with Crippen molar-refractivity contribution >= 4 is 17.2 Å². The van der Waals surface area contributed by atoms with E-state index < -0.39 is 12.2 Å². The molecule has 1 N–H and O–H groups in total. The fourth-order valence-corrected chi connectivity index (χ4v) is 2.66. The molecular weight excluding hydrogens is 363 g/mol. The van der Waals surface area contributed by atoms with Crippen molar-refractivity contribution in [1.82, 2.24) is 29.0 Å². The zero-order chi connectivity index (χ0) is 19.2. The van der Waals surface area contributed by atoms with Gasteiger partial charge in [-0.25, -0.2) is 14.5 Å². The number of fused-ring (bicyclic) bond motifs is 2. The molecule has 0 aromatic carbocycles. The number of nitrogens with one attached hydrogen (secondary N) is 1. The molecule has 4 aromatic rings. The van der Waals surface area contributed by atoms with E-state index in [4.69, 9.17) is 4.74 Å². The van der Waals surface area contributed by atoms with E-state index >= 15 is 0 Å². The van der Waals surface area contributed by atoms with Gasteiger partial charge in [-0.05, 0) is 13.0 Å². The first-order valence-corrected chi connectivity index (χ1v) is 7.92. The molecule has 0 aliphatic rings. The van der Waals surface area contributed by atoms with Crippen molar-refractivity contribution in [1.29, 1.82) is 0 Å². The number of ether oxygens (including phenoxy) is 1. The van der Waals surface area contributed by atoms with E-state index in [2.05, 4.69) is 25.4 Å². The summed E-state index contributed by atoms with van der Waals surface area (Å²) in [6.07, 6.45) is 4.08. The number of nitrogens with zero attached hydrogens (tertiary/aromatic N) is 6. The van der Waals surface area contributed by atoms with Crippen LogP contribution in [0.1, 0.15) is 6.92 Å². The van der Waals surface area contributed by atoms with Gasteiger partial charge in [0.1, 0.15) is 11.6 Å². The largest absolute Gasteiger partial charge is 0.479 e. The van der Waals surface area contributed by atoms with Gasteiger partial charge in [0.05, 0.1) is 7.11 Å². The summed E-state index contributed by atoms with van der Waals surface area (Å²) in [6.45, 7) is 0.993. The lowest BCUT2D eigenvalue weighted by molar-refractivity contribution is -0.138. The Balaban J connectivity index is 1.80. The van der Waals surface area contributed by atoms with Gasteiger partial charge in [-0.3, -0.25) is 4.40 Å². The Morgan fingerprint density at radius 2 is 2.04 bits per heavy atom. The molecule has 0 fully saturated rings. The molecule has 27 heavy (non-hydrogen) atoms. The van der Waals surface area contributed by atoms with Crippen LogP contribution in [-0.2, 0) is 0 Å². The molecule has 4 heterocycles. The maximum absolute atomic E-state index is 12.8. The monoisotopic (exact) mass is 377 g/mol. The minimum absolute atomic E-state index is 0.146. The summed E-state index contributed by atoms with van der Waals surface area (Å²) >= 11 is 0. The van der Waals surface area contributed by atoms with E-state index in [0.29, 0.717) is 11.3 Å². The Morgan fingerprint density at radius 3 is 2.78 bits per heavy atom. The smallest absolute Gasteiger partial charge is 0.408 e. The van der Waals surface area contributed by atoms with Crippen molar-refractivity contribution in [2.45, 2.75) is 19.1 Å². The molecule has 0 spiro atoms. The van der Waals surface area contributed by atoms with E-state index in [1.54, 1.807) is 35.3 Å². The lowest BCUT2D eigenvalue weighted by atomic mass is 10.1. The molecule has 11 heteroatoms. The van der Waals surface area contributed by atoms with Gasteiger partial charge in [0, 0.05) is 42.1 Å². The van der Waals surface area contributed by atoms with Crippen molar-refractivity contribution in [3.05, 3.63) is 37.1 Å². The second kappa shape index (κ2) is 6.11. The minimum Gasteiger partial charge on any atom is -0.479 e. The summed E-state index contributed by atoms with van der Waals surface area (Å²) in [7, 11) is 1.40. The van der Waals surface area contributed by atoms with Gasteiger partial charge in [-0.15, -0.1) is 5.10 Å². The van der Waals surface area contributed by atoms with Crippen molar-refractivity contribution in [3.63, 3.8) is 0 Å². The third-order valence-corrected chi connectivity index (χ3v) is 4.07. The molecule has 4 aromatic heterocycles. The minimum atomic E-state index is -4.42. The van der Waals surface area contributed by atoms with Crippen LogP contribution in [0.15, 0.2) is 37.1 Å². The van der Waals surface area contributed by atoms with E-state index in [1.807, 2.05) is 6.20 Å². The van der Waals surface area contributed by atoms with Crippen LogP contribution in [0.2, 0.25) is 0 Å². The molecule has 1 unspecified atom stereocenters. The molecule has 0 aliphatic heterocycles. The third-order valence-electron chi connectivity index (χ3n) is 4.07. The number of alkyl halides is 3. The number of hydrogen-bond acceptors (Lipinski definition) is 6. The molecule has 0 saturated heterocycles. The first kappa shape index (κ1) is 17.1. The van der Waals surface area contributed by atoms with E-state index in [1.165, 1.54) is 11.6 Å². The summed E-state index contributed by atoms with van der Waals surface area (Å²) in [5.41, 5.74) is 2.00. The van der Waals surface area contributed by atoms with Gasteiger partial charge in [-0.2, -0.15) is 18.2 Å². The highest BCUT2D eigenvalue weighted by Crippen LogP contribution is 2.31. The van der Waals surface area contributed by atoms with Crippen molar-refractivity contribution in [2.24, 2.45) is 0 Å². The van der Waals surface area contributed by atoms with Crippen LogP contribution < -0.4 is 10.1 Å². The number of rotatable bonds is 4. The quantitative estimate of drug-likeness (QED) is 0.589. The summed E-state index contributed by atoms with van der Waals surface area (Å²) in [5, 5.41) is 6.36. The van der Waals surface area contributed by atoms with Crippen LogP contribution in [0.25, 0.3) is 22.4 Å². The van der Waals surface area contributed by atoms with Crippen molar-refractivity contribution < 1.29 is 17.9 Å². The maximum atomic E-state index is 12.8. The second-order valence-corrected chi connectivity index (χ2v) is 5.85. The average molecular weight is 377 g/mol. The highest BCUT2D eigenvalue weighted by Gasteiger charge is 2.36. The van der Waals surface area contributed by atoms with Gasteiger partial charge in [0.15, 0.2) is 0 Å². The summed E-state index contributed by atoms with van der Waals surface area (Å²) in [4.78, 5) is 12.4. The van der Waals surface area contributed by atoms with Crippen LogP contribution >= 0.6 is 0 Å². The van der Waals surface area contributed by atoms with Crippen molar-refractivity contribution in [2.75, 3.05) is 12.4 Å². The van der Waals surface area contributed by atoms with Gasteiger partial charge in [-0.1, -0.05) is 0 Å². The fraction of sp³-hybridized carbons (Fsp3) is 0.250. The van der Waals surface area contributed by atoms with E-state index in [0.717, 1.165) is 18.1 Å². The zero-order valence-corrected chi connectivity index (χ0v) is 14.3. The lowest BCUT2D eigenvalue weighted by Gasteiger charge is -2.17. The first-order valence-electron chi connectivity index (χ1n) is 7.92. The van der Waals surface area contributed by atoms with Gasteiger partial charge in [0.25, 0.3) is 0 Å². The lowest BCUT2D eigenvalue weighted by Crippen LogP contribution is -2.34. The molecule has 4 rings (SSSR count). The number of halogens is 3. The van der Waals surface area contributed by atoms with Gasteiger partial charge < -0.3 is 10.1 Å². The Labute approximate surface area is 150 Å². The third kappa shape index (κ3) is 3.00. The molecule has 0 aliphatic carbocycles. The number of anilines is 1. The summed E-state index contributed by atoms with van der Waals surface area (Å²) < 4.78 is 46.8. The number of hydrogen-bond donors (Lipinski definition) is 1. The fourth-order valence-electron chi connectivity index (χ4n) is 2.66. The molecular formula is C16H14F3N7O. The van der Waals surface area contributed by atoms with Gasteiger partial charge >= 0.3 is 6.18 Å². The Hall–Kier alpha value is -3.37. The molecule has 0 bridgehead atoms. The number of aromatic nitrogens is 6. The molecule has 0 saturated carbocycles. The van der Waals surface area contributed by atoms with Crippen molar-refractivity contribution in [3.8, 4) is 17.0 Å². The van der Waals surface area contributed by atoms with Gasteiger partial charge in [0.2, 0.25) is 17.6 Å². The molecule has 0 radical (unpaired) electrons. The van der Waals surface area contributed by atoms with Crippen LogP contribution in [-0.4, -0.2) is 48.3 Å². The first-order chi connectivity index (χ1) is 12.9. The summed E-state index contributed by atoms with van der Waals surface area (Å²) in [5.74, 6) is 0.514. The maximum Gasteiger partial charge on any atom is 0.408 e. The Morgan fingerprint density at radius 1 is 1.22 bits per heavy atom. The topological polar surface area (TPSA) is 81.6 Å². The zero-order valence-electron chi connectivity index (χ0n) is 14.3. The van der Waals surface area contributed by atoms with Crippen LogP contribution in [0.4, 0.5) is 19.1 Å². The Kier molecular flexibility index (Phi) is 3.86. The number of imidazole rings is 1. The molecule has 140 valence electrons. The second-order valence-electron chi connectivity index (χ2n) is 5.85. The highest BCUT2D eigenvalue weighted by atomic mass is 19.4. The van der Waals surface area contributed by atoms with E-state index in [9.17, 15) is 13.2 Å². The predicted octanol–water partition coefficient (Wildman–Crippen LogP) is 2.81. The molecule has 8 nitrogen and oxygen atoms in total. The average Bonchev–Trinajstić information content (AvgIpc) is 3.26. The molecule has 0 amide bonds. The summed E-state index contributed by atoms with van der Waals surface area (Å²) in [6, 6.07) is -0.0361. The normalized spacial score (nSPS) is 13.2.